The Morgan fingerprint density at radius 3 is 2.29 bits per heavy atom. The van der Waals surface area contributed by atoms with Crippen LogP contribution in [0.15, 0.2) is 110 Å². The van der Waals surface area contributed by atoms with E-state index in [9.17, 15) is 0 Å². The number of ether oxygens (including phenoxy) is 2. The van der Waals surface area contributed by atoms with Crippen molar-refractivity contribution in [3.8, 4) is 34.0 Å². The molecule has 38 heavy (non-hydrogen) atoms. The number of hydrogen-bond acceptors (Lipinski definition) is 6. The molecule has 3 N–H and O–H groups in total. The number of nitrogens with one attached hydrogen (secondary N) is 1. The molecule has 6 rings (SSSR count). The lowest BCUT2D eigenvalue weighted by Crippen LogP contribution is -2.01. The van der Waals surface area contributed by atoms with Crippen molar-refractivity contribution in [1.82, 2.24) is 19.9 Å². The zero-order valence-electron chi connectivity index (χ0n) is 20.5. The number of nitrogen functional groups attached to an aromatic ring is 1. The lowest BCUT2D eigenvalue weighted by molar-refractivity contribution is 0.284. The lowest BCUT2D eigenvalue weighted by Gasteiger charge is -2.12. The molecule has 7 nitrogen and oxygen atoms in total. The standard InChI is InChI=1S/C31H25N5O2/c32-28-16-24(13-15-34-28)25-18-35-31-30(25)27(37-19-21-6-2-1-3-7-21)17-29(36-31)38-20-22-9-11-23(12-10-22)26-8-4-5-14-33-26/h1-18H,19-20H2,(H2,32,34)(H,35,36). The first-order valence-corrected chi connectivity index (χ1v) is 12.3. The van der Waals surface area contributed by atoms with E-state index in [-0.39, 0.29) is 0 Å². The summed E-state index contributed by atoms with van der Waals surface area (Å²) in [6.45, 7) is 0.783. The number of benzene rings is 2. The summed E-state index contributed by atoms with van der Waals surface area (Å²) in [6, 6.07) is 29.7. The van der Waals surface area contributed by atoms with Gasteiger partial charge in [0.05, 0.1) is 11.1 Å². The summed E-state index contributed by atoms with van der Waals surface area (Å²) in [5, 5.41) is 0.860. The molecular weight excluding hydrogens is 474 g/mol. The minimum Gasteiger partial charge on any atom is -0.488 e. The topological polar surface area (TPSA) is 98.9 Å². The molecule has 0 radical (unpaired) electrons. The Labute approximate surface area is 220 Å². The molecule has 0 spiro atoms. The fourth-order valence-corrected chi connectivity index (χ4v) is 4.31. The number of hydrogen-bond donors (Lipinski definition) is 2. The number of fused-ring (bicyclic) bond motifs is 1. The number of anilines is 1. The smallest absolute Gasteiger partial charge is 0.219 e. The minimum atomic E-state index is 0.369. The maximum atomic E-state index is 6.32. The fraction of sp³-hybridized carbons (Fsp3) is 0.0645. The third-order valence-corrected chi connectivity index (χ3v) is 6.21. The maximum Gasteiger partial charge on any atom is 0.219 e. The molecule has 0 fully saturated rings. The highest BCUT2D eigenvalue weighted by Crippen LogP contribution is 2.37. The first kappa shape index (κ1) is 23.2. The zero-order chi connectivity index (χ0) is 25.7. The van der Waals surface area contributed by atoms with Crippen LogP contribution in [0.1, 0.15) is 11.1 Å². The van der Waals surface area contributed by atoms with Crippen LogP contribution >= 0.6 is 0 Å². The largest absolute Gasteiger partial charge is 0.488 e. The summed E-state index contributed by atoms with van der Waals surface area (Å²) in [7, 11) is 0. The van der Waals surface area contributed by atoms with E-state index in [1.165, 1.54) is 0 Å². The molecular formula is C31H25N5O2. The average molecular weight is 500 g/mol. The fourth-order valence-electron chi connectivity index (χ4n) is 4.31. The Bertz CT molecular complexity index is 1670. The van der Waals surface area contributed by atoms with Gasteiger partial charge in [-0.15, -0.1) is 0 Å². The van der Waals surface area contributed by atoms with Gasteiger partial charge in [0.25, 0.3) is 0 Å². The molecule has 0 atom stereocenters. The maximum absolute atomic E-state index is 6.32. The van der Waals surface area contributed by atoms with Gasteiger partial charge in [0.15, 0.2) is 0 Å². The number of nitrogens with two attached hydrogens (primary N) is 1. The van der Waals surface area contributed by atoms with E-state index in [0.717, 1.165) is 38.9 Å². The summed E-state index contributed by atoms with van der Waals surface area (Å²) in [5.41, 5.74) is 12.6. The van der Waals surface area contributed by atoms with Gasteiger partial charge in [-0.1, -0.05) is 60.7 Å². The predicted octanol–water partition coefficient (Wildman–Crippen LogP) is 6.43. The predicted molar refractivity (Wildman–Crippen MR) is 149 cm³/mol. The molecule has 4 aromatic heterocycles. The molecule has 0 aliphatic heterocycles. The molecule has 0 aliphatic carbocycles. The summed E-state index contributed by atoms with van der Waals surface area (Å²) in [4.78, 5) is 16.5. The molecule has 7 heteroatoms. The van der Waals surface area contributed by atoms with Crippen molar-refractivity contribution >= 4 is 16.9 Å². The van der Waals surface area contributed by atoms with Crippen molar-refractivity contribution in [2.45, 2.75) is 13.2 Å². The van der Waals surface area contributed by atoms with Gasteiger partial charge in [-0.2, -0.15) is 4.98 Å². The lowest BCUT2D eigenvalue weighted by atomic mass is 10.1. The number of nitrogens with zero attached hydrogens (tertiary/aromatic N) is 3. The van der Waals surface area contributed by atoms with Crippen LogP contribution in [0, 0.1) is 0 Å². The number of aromatic amines is 1. The Balaban J connectivity index is 1.29. The van der Waals surface area contributed by atoms with E-state index in [1.807, 2.05) is 97.2 Å². The Morgan fingerprint density at radius 1 is 0.711 bits per heavy atom. The highest BCUT2D eigenvalue weighted by molar-refractivity contribution is 5.98. The highest BCUT2D eigenvalue weighted by Gasteiger charge is 2.16. The minimum absolute atomic E-state index is 0.369. The molecule has 0 saturated carbocycles. The van der Waals surface area contributed by atoms with Crippen LogP contribution < -0.4 is 15.2 Å². The van der Waals surface area contributed by atoms with Crippen LogP contribution in [0.4, 0.5) is 5.82 Å². The van der Waals surface area contributed by atoms with Crippen LogP contribution in [0.5, 0.6) is 11.6 Å². The molecule has 2 aromatic carbocycles. The van der Waals surface area contributed by atoms with E-state index in [4.69, 9.17) is 20.2 Å². The van der Waals surface area contributed by atoms with Crippen LogP contribution in [-0.4, -0.2) is 19.9 Å². The molecule has 0 unspecified atom stereocenters. The van der Waals surface area contributed by atoms with Crippen molar-refractivity contribution in [2.24, 2.45) is 0 Å². The zero-order valence-corrected chi connectivity index (χ0v) is 20.5. The number of H-pyrrole nitrogens is 1. The van der Waals surface area contributed by atoms with Gasteiger partial charge < -0.3 is 20.2 Å². The Kier molecular flexibility index (Phi) is 6.39. The second kappa shape index (κ2) is 10.4. The molecule has 4 heterocycles. The van der Waals surface area contributed by atoms with Gasteiger partial charge in [0.1, 0.15) is 30.4 Å². The van der Waals surface area contributed by atoms with Crippen molar-refractivity contribution < 1.29 is 9.47 Å². The van der Waals surface area contributed by atoms with Crippen molar-refractivity contribution in [2.75, 3.05) is 5.73 Å². The van der Waals surface area contributed by atoms with Crippen molar-refractivity contribution in [1.29, 1.82) is 0 Å². The molecule has 0 bridgehead atoms. The normalized spacial score (nSPS) is 10.9. The third-order valence-electron chi connectivity index (χ3n) is 6.21. The second-order valence-corrected chi connectivity index (χ2v) is 8.83. The summed E-state index contributed by atoms with van der Waals surface area (Å²) in [6.07, 6.45) is 5.39. The van der Waals surface area contributed by atoms with Gasteiger partial charge in [-0.25, -0.2) is 4.98 Å². The van der Waals surface area contributed by atoms with Gasteiger partial charge in [-0.05, 0) is 41.0 Å². The summed E-state index contributed by atoms with van der Waals surface area (Å²) >= 11 is 0. The molecule has 0 amide bonds. The SMILES string of the molecule is Nc1cc(-c2c[nH]c3nc(OCc4ccc(-c5ccccn5)cc4)cc(OCc4ccccc4)c23)ccn1. The third kappa shape index (κ3) is 5.03. The van der Waals surface area contributed by atoms with E-state index < -0.39 is 0 Å². The van der Waals surface area contributed by atoms with Crippen LogP contribution in [0.2, 0.25) is 0 Å². The monoisotopic (exact) mass is 499 g/mol. The van der Waals surface area contributed by atoms with Crippen LogP contribution in [0.25, 0.3) is 33.4 Å². The van der Waals surface area contributed by atoms with E-state index in [1.54, 1.807) is 12.4 Å². The Hall–Kier alpha value is -5.17. The number of pyridine rings is 3. The number of aromatic nitrogens is 4. The van der Waals surface area contributed by atoms with Crippen molar-refractivity contribution in [3.05, 3.63) is 121 Å². The van der Waals surface area contributed by atoms with Crippen LogP contribution in [-0.2, 0) is 13.2 Å². The van der Waals surface area contributed by atoms with Crippen molar-refractivity contribution in [3.63, 3.8) is 0 Å². The molecule has 186 valence electrons. The van der Waals surface area contributed by atoms with E-state index in [2.05, 4.69) is 15.0 Å². The van der Waals surface area contributed by atoms with Crippen LogP contribution in [0.3, 0.4) is 0 Å². The molecule has 6 aromatic rings. The Morgan fingerprint density at radius 2 is 1.50 bits per heavy atom. The highest BCUT2D eigenvalue weighted by atomic mass is 16.5. The average Bonchev–Trinajstić information content (AvgIpc) is 3.40. The van der Waals surface area contributed by atoms with E-state index in [0.29, 0.717) is 36.3 Å². The van der Waals surface area contributed by atoms with Gasteiger partial charge >= 0.3 is 0 Å². The summed E-state index contributed by atoms with van der Waals surface area (Å²) < 4.78 is 12.4. The van der Waals surface area contributed by atoms with Gasteiger partial charge in [0.2, 0.25) is 5.88 Å². The molecule has 0 saturated heterocycles. The van der Waals surface area contributed by atoms with Gasteiger partial charge in [-0.3, -0.25) is 4.98 Å². The van der Waals surface area contributed by atoms with E-state index >= 15 is 0 Å². The number of rotatable bonds is 8. The summed E-state index contributed by atoms with van der Waals surface area (Å²) in [5.74, 6) is 1.59. The quantitative estimate of drug-likeness (QED) is 0.250. The first-order chi connectivity index (χ1) is 18.7. The second-order valence-electron chi connectivity index (χ2n) is 8.83. The first-order valence-electron chi connectivity index (χ1n) is 12.3. The molecule has 0 aliphatic rings. The van der Waals surface area contributed by atoms with Gasteiger partial charge in [0, 0.05) is 35.8 Å².